The van der Waals surface area contributed by atoms with E-state index >= 15 is 0 Å². The third-order valence-electron chi connectivity index (χ3n) is 5.50. The molecule has 152 valence electrons. The molecule has 2 heterocycles. The van der Waals surface area contributed by atoms with Gasteiger partial charge in [-0.15, -0.1) is 0 Å². The minimum Gasteiger partial charge on any atom is -0.387 e. The lowest BCUT2D eigenvalue weighted by molar-refractivity contribution is -0.123. The van der Waals surface area contributed by atoms with Gasteiger partial charge < -0.3 is 20.6 Å². The van der Waals surface area contributed by atoms with Gasteiger partial charge in [0, 0.05) is 31.9 Å². The van der Waals surface area contributed by atoms with Crippen LogP contribution in [0.2, 0.25) is 0 Å². The standard InChI is InChI=1S/C21H31N5O2/c1-22-20(18-13-24-25(2)14-18)21(28)23-12-16-8-10-26(11-9-16)15-19(27)17-6-4-3-5-7-17/h3-7,13-14,16,19-20,22,27H,8-12,15H2,1-2H3,(H,23,28). The van der Waals surface area contributed by atoms with Gasteiger partial charge in [-0.1, -0.05) is 30.3 Å². The minimum atomic E-state index is -0.451. The van der Waals surface area contributed by atoms with Crippen molar-refractivity contribution in [1.82, 2.24) is 25.3 Å². The largest absolute Gasteiger partial charge is 0.387 e. The normalized spacial score (nSPS) is 18.0. The Labute approximate surface area is 166 Å². The van der Waals surface area contributed by atoms with Crippen molar-refractivity contribution in [2.75, 3.05) is 33.2 Å². The van der Waals surface area contributed by atoms with Crippen molar-refractivity contribution in [1.29, 1.82) is 0 Å². The first-order chi connectivity index (χ1) is 13.6. The summed E-state index contributed by atoms with van der Waals surface area (Å²) < 4.78 is 1.70. The Morgan fingerprint density at radius 3 is 2.57 bits per heavy atom. The molecule has 7 heteroatoms. The zero-order chi connectivity index (χ0) is 19.9. The number of carbonyl (C=O) groups is 1. The molecule has 0 radical (unpaired) electrons. The zero-order valence-corrected chi connectivity index (χ0v) is 16.7. The maximum atomic E-state index is 12.5. The molecule has 1 fully saturated rings. The molecule has 1 aliphatic heterocycles. The molecule has 28 heavy (non-hydrogen) atoms. The van der Waals surface area contributed by atoms with E-state index in [0.29, 0.717) is 19.0 Å². The predicted octanol–water partition coefficient (Wildman–Crippen LogP) is 1.24. The molecule has 2 aromatic rings. The number of aliphatic hydroxyl groups excluding tert-OH is 1. The number of nitrogens with zero attached hydrogens (tertiary/aromatic N) is 3. The zero-order valence-electron chi connectivity index (χ0n) is 16.7. The number of likely N-dealkylation sites (tertiary alicyclic amines) is 1. The molecule has 7 nitrogen and oxygen atoms in total. The number of nitrogens with one attached hydrogen (secondary N) is 2. The van der Waals surface area contributed by atoms with Crippen molar-refractivity contribution < 1.29 is 9.90 Å². The molecular formula is C21H31N5O2. The second-order valence-corrected chi connectivity index (χ2v) is 7.58. The predicted molar refractivity (Wildman–Crippen MR) is 109 cm³/mol. The van der Waals surface area contributed by atoms with Crippen LogP contribution in [0.4, 0.5) is 0 Å². The van der Waals surface area contributed by atoms with E-state index in [2.05, 4.69) is 20.6 Å². The summed E-state index contributed by atoms with van der Waals surface area (Å²) in [5.74, 6) is 0.456. The van der Waals surface area contributed by atoms with Gasteiger partial charge >= 0.3 is 0 Å². The highest BCUT2D eigenvalue weighted by Crippen LogP contribution is 2.21. The van der Waals surface area contributed by atoms with E-state index in [9.17, 15) is 9.90 Å². The molecule has 3 N–H and O–H groups in total. The average Bonchev–Trinajstić information content (AvgIpc) is 3.14. The summed E-state index contributed by atoms with van der Waals surface area (Å²) in [7, 11) is 3.63. The van der Waals surface area contributed by atoms with Gasteiger partial charge in [0.15, 0.2) is 0 Å². The lowest BCUT2D eigenvalue weighted by Crippen LogP contribution is -2.42. The van der Waals surface area contributed by atoms with Crippen LogP contribution in [0, 0.1) is 5.92 Å². The van der Waals surface area contributed by atoms with Gasteiger partial charge in [-0.05, 0) is 44.5 Å². The van der Waals surface area contributed by atoms with Crippen LogP contribution in [-0.4, -0.2) is 58.9 Å². The maximum absolute atomic E-state index is 12.5. The van der Waals surface area contributed by atoms with E-state index in [1.54, 1.807) is 17.9 Å². The molecule has 1 aromatic heterocycles. The van der Waals surface area contributed by atoms with Crippen LogP contribution in [0.1, 0.15) is 36.1 Å². The second kappa shape index (κ2) is 9.82. The Morgan fingerprint density at radius 1 is 1.25 bits per heavy atom. The maximum Gasteiger partial charge on any atom is 0.241 e. The number of aromatic nitrogens is 2. The van der Waals surface area contributed by atoms with E-state index in [4.69, 9.17) is 0 Å². The number of rotatable bonds is 8. The SMILES string of the molecule is CNC(C(=O)NCC1CCN(CC(O)c2ccccc2)CC1)c1cnn(C)c1. The summed E-state index contributed by atoms with van der Waals surface area (Å²) in [6, 6.07) is 9.42. The average molecular weight is 386 g/mol. The fourth-order valence-corrected chi connectivity index (χ4v) is 3.78. The first-order valence-electron chi connectivity index (χ1n) is 9.95. The van der Waals surface area contributed by atoms with Gasteiger partial charge in [-0.3, -0.25) is 9.48 Å². The van der Waals surface area contributed by atoms with Gasteiger partial charge in [-0.25, -0.2) is 0 Å². The second-order valence-electron chi connectivity index (χ2n) is 7.58. The fraction of sp³-hybridized carbons (Fsp3) is 0.524. The number of aliphatic hydroxyl groups is 1. The number of amides is 1. The van der Waals surface area contributed by atoms with E-state index in [0.717, 1.165) is 37.1 Å². The first kappa shape index (κ1) is 20.5. The molecule has 1 saturated heterocycles. The van der Waals surface area contributed by atoms with E-state index in [1.165, 1.54) is 0 Å². The summed E-state index contributed by atoms with van der Waals surface area (Å²) in [6.45, 7) is 3.24. The summed E-state index contributed by atoms with van der Waals surface area (Å²) >= 11 is 0. The summed E-state index contributed by atoms with van der Waals surface area (Å²) in [5, 5.41) is 20.7. The minimum absolute atomic E-state index is 0.0163. The van der Waals surface area contributed by atoms with Gasteiger partial charge in [0.1, 0.15) is 6.04 Å². The van der Waals surface area contributed by atoms with Crippen molar-refractivity contribution in [2.24, 2.45) is 13.0 Å². The van der Waals surface area contributed by atoms with E-state index in [1.807, 2.05) is 43.6 Å². The molecule has 2 unspecified atom stereocenters. The Morgan fingerprint density at radius 2 is 1.96 bits per heavy atom. The third-order valence-corrected chi connectivity index (χ3v) is 5.50. The Bertz CT molecular complexity index is 740. The number of piperidine rings is 1. The fourth-order valence-electron chi connectivity index (χ4n) is 3.78. The molecule has 3 rings (SSSR count). The van der Waals surface area contributed by atoms with E-state index in [-0.39, 0.29) is 11.9 Å². The third kappa shape index (κ3) is 5.41. The molecule has 0 aliphatic carbocycles. The van der Waals surface area contributed by atoms with Gasteiger partial charge in [0.2, 0.25) is 5.91 Å². The number of aryl methyl sites for hydroxylation is 1. The first-order valence-corrected chi connectivity index (χ1v) is 9.95. The number of hydrogen-bond donors (Lipinski definition) is 3. The van der Waals surface area contributed by atoms with Crippen LogP contribution in [0.5, 0.6) is 0 Å². The van der Waals surface area contributed by atoms with Crippen LogP contribution < -0.4 is 10.6 Å². The highest BCUT2D eigenvalue weighted by atomic mass is 16.3. The Hall–Kier alpha value is -2.22. The van der Waals surface area contributed by atoms with Gasteiger partial charge in [0.05, 0.1) is 12.3 Å². The quantitative estimate of drug-likeness (QED) is 0.637. The number of hydrogen-bond acceptors (Lipinski definition) is 5. The van der Waals surface area contributed by atoms with Crippen molar-refractivity contribution >= 4 is 5.91 Å². The summed E-state index contributed by atoms with van der Waals surface area (Å²) in [4.78, 5) is 14.8. The van der Waals surface area contributed by atoms with Crippen LogP contribution >= 0.6 is 0 Å². The Balaban J connectivity index is 1.41. The molecule has 1 amide bonds. The lowest BCUT2D eigenvalue weighted by Gasteiger charge is -2.33. The van der Waals surface area contributed by atoms with Crippen LogP contribution in [0.3, 0.4) is 0 Å². The van der Waals surface area contributed by atoms with Crippen LogP contribution in [-0.2, 0) is 11.8 Å². The van der Waals surface area contributed by atoms with Crippen molar-refractivity contribution in [2.45, 2.75) is 25.0 Å². The highest BCUT2D eigenvalue weighted by molar-refractivity contribution is 5.83. The van der Waals surface area contributed by atoms with Crippen molar-refractivity contribution in [3.63, 3.8) is 0 Å². The molecule has 0 saturated carbocycles. The van der Waals surface area contributed by atoms with Crippen LogP contribution in [0.25, 0.3) is 0 Å². The highest BCUT2D eigenvalue weighted by Gasteiger charge is 2.24. The van der Waals surface area contributed by atoms with Crippen molar-refractivity contribution in [3.8, 4) is 0 Å². The molecule has 0 bridgehead atoms. The smallest absolute Gasteiger partial charge is 0.241 e. The number of likely N-dealkylation sites (N-methyl/N-ethyl adjacent to an activating group) is 1. The van der Waals surface area contributed by atoms with E-state index < -0.39 is 6.10 Å². The topological polar surface area (TPSA) is 82.4 Å². The molecule has 1 aliphatic rings. The molecule has 1 aromatic carbocycles. The summed E-state index contributed by atoms with van der Waals surface area (Å²) in [5.41, 5.74) is 1.83. The lowest BCUT2D eigenvalue weighted by atomic mass is 9.96. The number of β-amino-alcohol motifs (C(OH)–C–C–N with tert-alkyl or cyclic N) is 1. The van der Waals surface area contributed by atoms with Crippen molar-refractivity contribution in [3.05, 3.63) is 53.9 Å². The summed E-state index contributed by atoms with van der Waals surface area (Å²) in [6.07, 6.45) is 5.18. The van der Waals surface area contributed by atoms with Gasteiger partial charge in [-0.2, -0.15) is 5.10 Å². The molecule has 2 atom stereocenters. The van der Waals surface area contributed by atoms with Gasteiger partial charge in [0.25, 0.3) is 0 Å². The molecular weight excluding hydrogens is 354 g/mol. The monoisotopic (exact) mass is 385 g/mol. The number of carbonyl (C=O) groups excluding carboxylic acids is 1. The van der Waals surface area contributed by atoms with Crippen LogP contribution in [0.15, 0.2) is 42.7 Å². The molecule has 0 spiro atoms. The number of benzene rings is 1. The Kier molecular flexibility index (Phi) is 7.19.